The molecular weight excluding hydrogens is 434 g/mol. The van der Waals surface area contributed by atoms with Gasteiger partial charge in [0, 0.05) is 39.1 Å². The predicted octanol–water partition coefficient (Wildman–Crippen LogP) is 3.42. The maximum Gasteiger partial charge on any atom is 0.255 e. The molecule has 1 amide bonds. The summed E-state index contributed by atoms with van der Waals surface area (Å²) in [5, 5.41) is 11.4. The molecule has 9 heteroatoms. The number of anilines is 1. The number of nitrogens with one attached hydrogen (secondary N) is 1. The van der Waals surface area contributed by atoms with E-state index in [4.69, 9.17) is 37.6 Å². The Kier molecular flexibility index (Phi) is 17.8. The van der Waals surface area contributed by atoms with Crippen LogP contribution in [0.3, 0.4) is 0 Å². The van der Waals surface area contributed by atoms with Crippen molar-refractivity contribution in [3.05, 3.63) is 22.7 Å². The topological polar surface area (TPSA) is 137 Å². The summed E-state index contributed by atoms with van der Waals surface area (Å²) in [5.41, 5.74) is 11.2. The molecule has 0 fully saturated rings. The van der Waals surface area contributed by atoms with Gasteiger partial charge in [0.25, 0.3) is 5.91 Å². The van der Waals surface area contributed by atoms with Crippen molar-refractivity contribution >= 4 is 29.0 Å². The van der Waals surface area contributed by atoms with Crippen molar-refractivity contribution in [3.8, 4) is 5.75 Å². The van der Waals surface area contributed by atoms with Crippen molar-refractivity contribution in [2.45, 2.75) is 59.5 Å². The molecular formula is C23H42ClN3O5. The second-order valence-electron chi connectivity index (χ2n) is 8.13. The van der Waals surface area contributed by atoms with E-state index in [1.165, 1.54) is 19.2 Å². The lowest BCUT2D eigenvalue weighted by atomic mass is 10.0. The minimum atomic E-state index is -0.361. The van der Waals surface area contributed by atoms with Gasteiger partial charge in [0.15, 0.2) is 0 Å². The molecule has 0 aliphatic rings. The van der Waals surface area contributed by atoms with Crippen LogP contribution in [-0.2, 0) is 9.53 Å². The summed E-state index contributed by atoms with van der Waals surface area (Å²) < 4.78 is 9.89. The van der Waals surface area contributed by atoms with Crippen LogP contribution >= 0.6 is 11.6 Å². The van der Waals surface area contributed by atoms with Crippen molar-refractivity contribution in [1.82, 2.24) is 5.32 Å². The van der Waals surface area contributed by atoms with E-state index in [2.05, 4.69) is 19.2 Å². The van der Waals surface area contributed by atoms with Gasteiger partial charge in [0.1, 0.15) is 11.5 Å². The van der Waals surface area contributed by atoms with Crippen LogP contribution in [0.5, 0.6) is 5.75 Å². The average Bonchev–Trinajstić information content (AvgIpc) is 2.74. The number of hydrogen-bond acceptors (Lipinski definition) is 7. The molecule has 0 aliphatic carbocycles. The number of nitrogens with two attached hydrogens (primary N) is 2. The van der Waals surface area contributed by atoms with Gasteiger partial charge >= 0.3 is 0 Å². The Balaban J connectivity index is 0. The van der Waals surface area contributed by atoms with E-state index >= 15 is 0 Å². The first-order valence-electron chi connectivity index (χ1n) is 10.7. The average molecular weight is 476 g/mol. The minimum Gasteiger partial charge on any atom is -0.496 e. The predicted molar refractivity (Wildman–Crippen MR) is 131 cm³/mol. The van der Waals surface area contributed by atoms with Crippen molar-refractivity contribution in [3.63, 3.8) is 0 Å². The highest BCUT2D eigenvalue weighted by atomic mass is 35.5. The molecule has 0 aliphatic heterocycles. The Morgan fingerprint density at radius 1 is 1.25 bits per heavy atom. The Morgan fingerprint density at radius 3 is 2.22 bits per heavy atom. The zero-order valence-electron chi connectivity index (χ0n) is 20.6. The summed E-state index contributed by atoms with van der Waals surface area (Å²) in [6.07, 6.45) is 2.51. The fourth-order valence-electron chi connectivity index (χ4n) is 2.10. The van der Waals surface area contributed by atoms with E-state index in [1.807, 2.05) is 20.8 Å². The van der Waals surface area contributed by atoms with Gasteiger partial charge in [-0.15, -0.1) is 0 Å². The lowest BCUT2D eigenvalue weighted by Crippen LogP contribution is -2.29. The van der Waals surface area contributed by atoms with Gasteiger partial charge in [-0.05, 0) is 32.3 Å². The van der Waals surface area contributed by atoms with Crippen molar-refractivity contribution in [2.24, 2.45) is 11.7 Å². The Hall–Kier alpha value is -1.87. The third kappa shape index (κ3) is 15.0. The highest BCUT2D eigenvalue weighted by Crippen LogP contribution is 2.28. The Morgan fingerprint density at radius 2 is 1.84 bits per heavy atom. The van der Waals surface area contributed by atoms with Crippen LogP contribution in [0.2, 0.25) is 5.02 Å². The molecule has 0 saturated carbocycles. The first kappa shape index (κ1) is 32.3. The molecule has 1 aromatic carbocycles. The van der Waals surface area contributed by atoms with Gasteiger partial charge in [-0.2, -0.15) is 0 Å². The van der Waals surface area contributed by atoms with Crippen LogP contribution < -0.4 is 21.5 Å². The number of halogens is 1. The standard InChI is InChI=1S/C10H14ClN3O2.C8H16O.C5H12O2/c1-16-9-5-8(13)7(11)4-6(9)10(15)14-3-2-12;1-4-5-8(9)6-7(2)3;1-5(2,4-6)7-3/h4-5H,2-3,12-13H2,1H3,(H,14,15);7H,4-6H2,1-3H3;6H,4H2,1-3H3. The molecule has 6 N–H and O–H groups in total. The van der Waals surface area contributed by atoms with Crippen LogP contribution in [0.1, 0.15) is 64.2 Å². The van der Waals surface area contributed by atoms with Crippen LogP contribution in [0.25, 0.3) is 0 Å². The minimum absolute atomic E-state index is 0.0729. The highest BCUT2D eigenvalue weighted by molar-refractivity contribution is 6.33. The van der Waals surface area contributed by atoms with E-state index in [9.17, 15) is 9.59 Å². The summed E-state index contributed by atoms with van der Waals surface area (Å²) in [7, 11) is 3.04. The fourth-order valence-corrected chi connectivity index (χ4v) is 2.26. The zero-order valence-corrected chi connectivity index (χ0v) is 21.3. The quantitative estimate of drug-likeness (QED) is 0.380. The summed E-state index contributed by atoms with van der Waals surface area (Å²) >= 11 is 5.84. The number of carbonyl (C=O) groups excluding carboxylic acids is 2. The summed E-state index contributed by atoms with van der Waals surface area (Å²) in [6.45, 7) is 10.7. The smallest absolute Gasteiger partial charge is 0.255 e. The second kappa shape index (κ2) is 17.7. The normalized spacial score (nSPS) is 10.5. The van der Waals surface area contributed by atoms with Gasteiger partial charge < -0.3 is 31.4 Å². The number of Topliss-reactive ketones (excluding diaryl/α,β-unsaturated/α-hetero) is 1. The van der Waals surface area contributed by atoms with Crippen LogP contribution in [-0.4, -0.2) is 56.3 Å². The van der Waals surface area contributed by atoms with Gasteiger partial charge in [0.2, 0.25) is 0 Å². The number of ketones is 1. The van der Waals surface area contributed by atoms with E-state index in [0.717, 1.165) is 19.3 Å². The molecule has 0 heterocycles. The van der Waals surface area contributed by atoms with Gasteiger partial charge in [-0.1, -0.05) is 32.4 Å². The van der Waals surface area contributed by atoms with E-state index in [1.54, 1.807) is 7.11 Å². The van der Waals surface area contributed by atoms with E-state index in [-0.39, 0.29) is 18.1 Å². The molecule has 0 unspecified atom stereocenters. The number of hydrogen-bond donors (Lipinski definition) is 4. The SMILES string of the molecule is CCCC(=O)CC(C)C.COC(C)(C)CO.COc1cc(N)c(Cl)cc1C(=O)NCCN. The summed E-state index contributed by atoms with van der Waals surface area (Å²) in [5.74, 6) is 1.04. The van der Waals surface area contributed by atoms with Crippen molar-refractivity contribution < 1.29 is 24.2 Å². The number of aliphatic hydroxyl groups excluding tert-OH is 1. The van der Waals surface area contributed by atoms with Gasteiger partial charge in [0.05, 0.1) is 35.6 Å². The Bertz CT molecular complexity index is 676. The lowest BCUT2D eigenvalue weighted by molar-refractivity contribution is -0.119. The maximum absolute atomic E-state index is 11.7. The van der Waals surface area contributed by atoms with Crippen molar-refractivity contribution in [2.75, 3.05) is 39.6 Å². The van der Waals surface area contributed by atoms with Gasteiger partial charge in [-0.25, -0.2) is 0 Å². The fraction of sp³-hybridized carbons (Fsp3) is 0.652. The van der Waals surface area contributed by atoms with Crippen molar-refractivity contribution in [1.29, 1.82) is 0 Å². The first-order chi connectivity index (χ1) is 14.9. The van der Waals surface area contributed by atoms with Crippen LogP contribution in [0.15, 0.2) is 12.1 Å². The van der Waals surface area contributed by atoms with Crippen LogP contribution in [0, 0.1) is 5.92 Å². The third-order valence-electron chi connectivity index (χ3n) is 4.09. The molecule has 0 saturated heterocycles. The molecule has 0 spiro atoms. The van der Waals surface area contributed by atoms with E-state index < -0.39 is 0 Å². The van der Waals surface area contributed by atoms with E-state index in [0.29, 0.717) is 46.8 Å². The summed E-state index contributed by atoms with van der Waals surface area (Å²) in [6, 6.07) is 2.99. The largest absolute Gasteiger partial charge is 0.496 e. The molecule has 1 rings (SSSR count). The van der Waals surface area contributed by atoms with Gasteiger partial charge in [-0.3, -0.25) is 9.59 Å². The molecule has 186 valence electrons. The summed E-state index contributed by atoms with van der Waals surface area (Å²) in [4.78, 5) is 22.6. The zero-order chi connectivity index (χ0) is 25.3. The molecule has 32 heavy (non-hydrogen) atoms. The molecule has 0 aromatic heterocycles. The molecule has 1 aromatic rings. The Labute approximate surface area is 198 Å². The number of ether oxygens (including phenoxy) is 2. The number of benzene rings is 1. The second-order valence-corrected chi connectivity index (χ2v) is 8.53. The highest BCUT2D eigenvalue weighted by Gasteiger charge is 2.14. The third-order valence-corrected chi connectivity index (χ3v) is 4.42. The molecule has 0 radical (unpaired) electrons. The first-order valence-corrected chi connectivity index (χ1v) is 11.1. The lowest BCUT2D eigenvalue weighted by Gasteiger charge is -2.18. The number of amides is 1. The molecule has 8 nitrogen and oxygen atoms in total. The number of carbonyl (C=O) groups is 2. The number of methoxy groups -OCH3 is 2. The number of nitrogen functional groups attached to an aromatic ring is 1. The number of aliphatic hydroxyl groups is 1. The number of rotatable bonds is 10. The monoisotopic (exact) mass is 475 g/mol. The molecule has 0 bridgehead atoms. The maximum atomic E-state index is 11.7. The molecule has 0 atom stereocenters. The van der Waals surface area contributed by atoms with Crippen LogP contribution in [0.4, 0.5) is 5.69 Å².